The van der Waals surface area contributed by atoms with Gasteiger partial charge in [-0.15, -0.1) is 0 Å². The molecule has 1 fully saturated rings. The lowest BCUT2D eigenvalue weighted by atomic mass is 9.98. The van der Waals surface area contributed by atoms with Crippen molar-refractivity contribution >= 4 is 21.6 Å². The number of sulfonamides is 1. The molecule has 30 heavy (non-hydrogen) atoms. The van der Waals surface area contributed by atoms with E-state index in [0.29, 0.717) is 25.1 Å². The molecule has 0 aliphatic carbocycles. The highest BCUT2D eigenvalue weighted by molar-refractivity contribution is 7.89. The van der Waals surface area contributed by atoms with Gasteiger partial charge >= 0.3 is 0 Å². The van der Waals surface area contributed by atoms with E-state index in [-0.39, 0.29) is 17.3 Å². The van der Waals surface area contributed by atoms with Crippen LogP contribution in [0.5, 0.6) is 5.75 Å². The zero-order valence-corrected chi connectivity index (χ0v) is 19.1. The number of nitrogens with zero attached hydrogens (tertiary/aromatic N) is 1. The van der Waals surface area contributed by atoms with E-state index < -0.39 is 15.9 Å². The normalized spacial score (nSPS) is 17.6. The van der Waals surface area contributed by atoms with Crippen LogP contribution in [0.4, 0.5) is 5.69 Å². The van der Waals surface area contributed by atoms with Gasteiger partial charge < -0.3 is 10.1 Å². The van der Waals surface area contributed by atoms with Gasteiger partial charge in [-0.1, -0.05) is 23.8 Å². The summed E-state index contributed by atoms with van der Waals surface area (Å²) in [5.74, 6) is -0.219. The number of carbonyl (C=O) groups excluding carboxylic acids is 1. The van der Waals surface area contributed by atoms with Gasteiger partial charge in [-0.05, 0) is 69.4 Å². The number of ether oxygens (including phenoxy) is 1. The number of aryl methyl sites for hydroxylation is 4. The van der Waals surface area contributed by atoms with E-state index in [1.165, 1.54) is 11.4 Å². The van der Waals surface area contributed by atoms with Crippen molar-refractivity contribution in [1.82, 2.24) is 4.31 Å². The quantitative estimate of drug-likeness (QED) is 0.779. The first-order valence-electron chi connectivity index (χ1n) is 10.2. The molecule has 0 bridgehead atoms. The van der Waals surface area contributed by atoms with Crippen LogP contribution >= 0.6 is 0 Å². The summed E-state index contributed by atoms with van der Waals surface area (Å²) in [5.41, 5.74) is 4.80. The monoisotopic (exact) mass is 430 g/mol. The Balaban J connectivity index is 1.82. The number of hydrogen-bond donors (Lipinski definition) is 1. The zero-order valence-electron chi connectivity index (χ0n) is 18.3. The number of rotatable bonds is 5. The molecular formula is C23H30N2O4S. The van der Waals surface area contributed by atoms with E-state index >= 15 is 0 Å². The molecule has 1 saturated heterocycles. The van der Waals surface area contributed by atoms with Crippen molar-refractivity contribution in [2.45, 2.75) is 45.4 Å². The van der Waals surface area contributed by atoms with Crippen molar-refractivity contribution in [3.8, 4) is 5.75 Å². The summed E-state index contributed by atoms with van der Waals surface area (Å²) in [7, 11) is -2.30. The molecule has 0 saturated carbocycles. The molecule has 6 nitrogen and oxygen atoms in total. The van der Waals surface area contributed by atoms with Crippen LogP contribution in [0.1, 0.15) is 35.1 Å². The van der Waals surface area contributed by atoms with Crippen molar-refractivity contribution in [3.05, 3.63) is 52.6 Å². The second-order valence-corrected chi connectivity index (χ2v) is 10.0. The van der Waals surface area contributed by atoms with Gasteiger partial charge in [-0.3, -0.25) is 4.79 Å². The van der Waals surface area contributed by atoms with Crippen molar-refractivity contribution < 1.29 is 17.9 Å². The maximum absolute atomic E-state index is 13.3. The van der Waals surface area contributed by atoms with Crippen LogP contribution in [0.25, 0.3) is 0 Å². The number of anilines is 1. The number of nitrogens with one attached hydrogen (secondary N) is 1. The molecule has 1 N–H and O–H groups in total. The molecule has 1 atom stereocenters. The fourth-order valence-electron chi connectivity index (χ4n) is 4.10. The zero-order chi connectivity index (χ0) is 22.1. The molecule has 0 radical (unpaired) electrons. The Kier molecular flexibility index (Phi) is 6.53. The number of piperidine rings is 1. The highest BCUT2D eigenvalue weighted by Crippen LogP contribution is 2.31. The molecule has 7 heteroatoms. The number of methoxy groups -OCH3 is 1. The lowest BCUT2D eigenvalue weighted by Gasteiger charge is -2.32. The Morgan fingerprint density at radius 3 is 2.37 bits per heavy atom. The molecule has 1 aliphatic rings. The Hall–Kier alpha value is -2.38. The van der Waals surface area contributed by atoms with Crippen molar-refractivity contribution in [1.29, 1.82) is 0 Å². The van der Waals surface area contributed by atoms with Crippen LogP contribution in [0, 0.1) is 33.6 Å². The molecule has 0 spiro atoms. The highest BCUT2D eigenvalue weighted by atomic mass is 32.2. The summed E-state index contributed by atoms with van der Waals surface area (Å²) in [5, 5.41) is 3.03. The van der Waals surface area contributed by atoms with Gasteiger partial charge in [-0.2, -0.15) is 4.31 Å². The maximum atomic E-state index is 13.3. The summed E-state index contributed by atoms with van der Waals surface area (Å²) in [4.78, 5) is 13.1. The molecule has 162 valence electrons. The van der Waals surface area contributed by atoms with Crippen LogP contribution in [0.2, 0.25) is 0 Å². The lowest BCUT2D eigenvalue weighted by Crippen LogP contribution is -2.43. The second kappa shape index (κ2) is 8.78. The van der Waals surface area contributed by atoms with E-state index in [0.717, 1.165) is 27.9 Å². The largest absolute Gasteiger partial charge is 0.495 e. The molecule has 1 heterocycles. The maximum Gasteiger partial charge on any atom is 0.246 e. The highest BCUT2D eigenvalue weighted by Gasteiger charge is 2.35. The minimum absolute atomic E-state index is 0.138. The SMILES string of the molecule is COc1ccc(C)cc1S(=O)(=O)N1CCC[C@@H](C(=O)Nc2c(C)cc(C)cc2C)C1. The van der Waals surface area contributed by atoms with Crippen LogP contribution in [0.3, 0.4) is 0 Å². The fourth-order valence-corrected chi connectivity index (χ4v) is 5.87. The summed E-state index contributed by atoms with van der Waals surface area (Å²) in [6.45, 7) is 8.36. The Bertz CT molecular complexity index is 1040. The first-order valence-corrected chi connectivity index (χ1v) is 11.6. The number of amides is 1. The molecule has 1 aliphatic heterocycles. The van der Waals surface area contributed by atoms with E-state index in [2.05, 4.69) is 5.32 Å². The standard InChI is InChI=1S/C23H30N2O4S/c1-15-8-9-20(29-5)21(13-15)30(27,28)25-10-6-7-19(14-25)23(26)24-22-17(3)11-16(2)12-18(22)4/h8-9,11-13,19H,6-7,10,14H2,1-5H3,(H,24,26)/t19-/m1/s1. The third-order valence-corrected chi connectivity index (χ3v) is 7.50. The molecule has 2 aromatic carbocycles. The van der Waals surface area contributed by atoms with E-state index in [1.54, 1.807) is 12.1 Å². The van der Waals surface area contributed by atoms with Crippen molar-refractivity contribution in [2.24, 2.45) is 5.92 Å². The van der Waals surface area contributed by atoms with Gasteiger partial charge in [0.25, 0.3) is 0 Å². The minimum Gasteiger partial charge on any atom is -0.495 e. The van der Waals surface area contributed by atoms with Crippen LogP contribution < -0.4 is 10.1 Å². The molecular weight excluding hydrogens is 400 g/mol. The smallest absolute Gasteiger partial charge is 0.246 e. The molecule has 1 amide bonds. The van der Waals surface area contributed by atoms with Crippen LogP contribution in [-0.2, 0) is 14.8 Å². The first kappa shape index (κ1) is 22.3. The van der Waals surface area contributed by atoms with Gasteiger partial charge in [0.2, 0.25) is 15.9 Å². The van der Waals surface area contributed by atoms with Crippen LogP contribution in [-0.4, -0.2) is 38.8 Å². The average Bonchev–Trinajstić information content (AvgIpc) is 2.70. The summed E-state index contributed by atoms with van der Waals surface area (Å²) < 4.78 is 33.3. The molecule has 0 unspecified atom stereocenters. The Morgan fingerprint density at radius 2 is 1.73 bits per heavy atom. The minimum atomic E-state index is -3.76. The summed E-state index contributed by atoms with van der Waals surface area (Å²) in [6, 6.07) is 9.17. The molecule has 0 aromatic heterocycles. The van der Waals surface area contributed by atoms with Crippen molar-refractivity contribution in [3.63, 3.8) is 0 Å². The van der Waals surface area contributed by atoms with Crippen LogP contribution in [0.15, 0.2) is 35.2 Å². The average molecular weight is 431 g/mol. The number of carbonyl (C=O) groups is 1. The van der Waals surface area contributed by atoms with E-state index in [1.807, 2.05) is 45.9 Å². The number of hydrogen-bond acceptors (Lipinski definition) is 4. The second-order valence-electron chi connectivity index (χ2n) is 8.12. The Morgan fingerprint density at radius 1 is 1.07 bits per heavy atom. The third-order valence-electron chi connectivity index (χ3n) is 5.62. The third kappa shape index (κ3) is 4.52. The topological polar surface area (TPSA) is 75.7 Å². The van der Waals surface area contributed by atoms with Gasteiger partial charge in [0, 0.05) is 18.8 Å². The predicted octanol–water partition coefficient (Wildman–Crippen LogP) is 3.97. The molecule has 3 rings (SSSR count). The lowest BCUT2D eigenvalue weighted by molar-refractivity contribution is -0.120. The van der Waals surface area contributed by atoms with E-state index in [4.69, 9.17) is 4.74 Å². The first-order chi connectivity index (χ1) is 14.1. The van der Waals surface area contributed by atoms with Gasteiger partial charge in [-0.25, -0.2) is 8.42 Å². The van der Waals surface area contributed by atoms with Gasteiger partial charge in [0.15, 0.2) is 0 Å². The van der Waals surface area contributed by atoms with Gasteiger partial charge in [0.1, 0.15) is 10.6 Å². The fraction of sp³-hybridized carbons (Fsp3) is 0.435. The summed E-state index contributed by atoms with van der Waals surface area (Å²) >= 11 is 0. The van der Waals surface area contributed by atoms with Gasteiger partial charge in [0.05, 0.1) is 13.0 Å². The Labute approximate surface area is 179 Å². The predicted molar refractivity (Wildman–Crippen MR) is 118 cm³/mol. The summed E-state index contributed by atoms with van der Waals surface area (Å²) in [6.07, 6.45) is 1.30. The number of benzene rings is 2. The van der Waals surface area contributed by atoms with E-state index in [9.17, 15) is 13.2 Å². The van der Waals surface area contributed by atoms with Crippen molar-refractivity contribution in [2.75, 3.05) is 25.5 Å². The molecule has 2 aromatic rings.